The van der Waals surface area contributed by atoms with Gasteiger partial charge in [0.05, 0.1) is 0 Å². The summed E-state index contributed by atoms with van der Waals surface area (Å²) in [6.45, 7) is 0.905. The molecule has 2 rings (SSSR count). The lowest BCUT2D eigenvalue weighted by Gasteiger charge is -2.17. The fraction of sp³-hybridized carbons (Fsp3) is 0.214. The highest BCUT2D eigenvalue weighted by Gasteiger charge is 2.13. The molecule has 1 unspecified atom stereocenters. The number of benzene rings is 1. The summed E-state index contributed by atoms with van der Waals surface area (Å²) >= 11 is 3.52. The van der Waals surface area contributed by atoms with Crippen LogP contribution in [0.1, 0.15) is 17.0 Å². The van der Waals surface area contributed by atoms with E-state index in [4.69, 9.17) is 0 Å². The molecule has 0 aliphatic carbocycles. The van der Waals surface area contributed by atoms with Crippen LogP contribution in [0.3, 0.4) is 0 Å². The van der Waals surface area contributed by atoms with E-state index in [0.717, 1.165) is 11.0 Å². The molecule has 0 saturated carbocycles. The van der Waals surface area contributed by atoms with Crippen molar-refractivity contribution < 1.29 is 0 Å². The van der Waals surface area contributed by atoms with E-state index in [1.807, 2.05) is 25.4 Å². The van der Waals surface area contributed by atoms with E-state index in [1.54, 1.807) is 6.20 Å². The number of nitrogens with zero attached hydrogens (tertiary/aromatic N) is 1. The molecule has 1 heterocycles. The molecule has 0 spiro atoms. The highest BCUT2D eigenvalue weighted by Crippen LogP contribution is 2.25. The topological polar surface area (TPSA) is 24.9 Å². The zero-order chi connectivity index (χ0) is 12.1. The molecule has 0 fully saturated rings. The minimum absolute atomic E-state index is 0.339. The number of aromatic nitrogens is 1. The standard InChI is InChI=1S/C14H15BrN2/c1-16-10-14(12-5-3-7-17-9-12)11-4-2-6-13(15)8-11/h2-9,14,16H,10H2,1H3. The van der Waals surface area contributed by atoms with E-state index in [-0.39, 0.29) is 0 Å². The molecule has 0 radical (unpaired) electrons. The molecule has 0 aliphatic heterocycles. The van der Waals surface area contributed by atoms with Gasteiger partial charge in [0, 0.05) is 29.3 Å². The summed E-state index contributed by atoms with van der Waals surface area (Å²) in [6.07, 6.45) is 3.74. The van der Waals surface area contributed by atoms with Gasteiger partial charge >= 0.3 is 0 Å². The number of hydrogen-bond donors (Lipinski definition) is 1. The summed E-state index contributed by atoms with van der Waals surface area (Å²) in [7, 11) is 1.97. The Morgan fingerprint density at radius 1 is 1.24 bits per heavy atom. The quantitative estimate of drug-likeness (QED) is 0.935. The molecule has 1 aromatic carbocycles. The maximum atomic E-state index is 4.20. The third-order valence-electron chi connectivity index (χ3n) is 2.75. The minimum atomic E-state index is 0.339. The van der Waals surface area contributed by atoms with Crippen LogP contribution in [0.25, 0.3) is 0 Å². The maximum Gasteiger partial charge on any atom is 0.0306 e. The third-order valence-corrected chi connectivity index (χ3v) is 3.24. The molecule has 2 aromatic rings. The number of pyridine rings is 1. The lowest BCUT2D eigenvalue weighted by molar-refractivity contribution is 0.705. The van der Waals surface area contributed by atoms with Crippen LogP contribution >= 0.6 is 15.9 Å². The van der Waals surface area contributed by atoms with Crippen molar-refractivity contribution in [3.8, 4) is 0 Å². The van der Waals surface area contributed by atoms with Gasteiger partial charge in [-0.3, -0.25) is 4.98 Å². The van der Waals surface area contributed by atoms with E-state index in [1.165, 1.54) is 11.1 Å². The zero-order valence-corrected chi connectivity index (χ0v) is 11.3. The molecular formula is C14H15BrN2. The number of likely N-dealkylation sites (N-methyl/N-ethyl adjacent to an activating group) is 1. The van der Waals surface area contributed by atoms with Crippen molar-refractivity contribution in [2.75, 3.05) is 13.6 Å². The lowest BCUT2D eigenvalue weighted by atomic mass is 9.92. The first kappa shape index (κ1) is 12.3. The Morgan fingerprint density at radius 3 is 2.71 bits per heavy atom. The largest absolute Gasteiger partial charge is 0.319 e. The molecule has 2 nitrogen and oxygen atoms in total. The van der Waals surface area contributed by atoms with Crippen molar-refractivity contribution in [2.45, 2.75) is 5.92 Å². The zero-order valence-electron chi connectivity index (χ0n) is 9.73. The highest BCUT2D eigenvalue weighted by atomic mass is 79.9. The molecule has 0 aliphatic rings. The highest BCUT2D eigenvalue weighted by molar-refractivity contribution is 9.10. The summed E-state index contributed by atoms with van der Waals surface area (Å²) in [5, 5.41) is 3.24. The van der Waals surface area contributed by atoms with Gasteiger partial charge in [0.15, 0.2) is 0 Å². The van der Waals surface area contributed by atoms with Crippen molar-refractivity contribution in [3.05, 3.63) is 64.4 Å². The first-order chi connectivity index (χ1) is 8.31. The van der Waals surface area contributed by atoms with Crippen molar-refractivity contribution >= 4 is 15.9 Å². The normalized spacial score (nSPS) is 12.4. The van der Waals surface area contributed by atoms with Crippen molar-refractivity contribution in [1.29, 1.82) is 0 Å². The number of nitrogens with one attached hydrogen (secondary N) is 1. The van der Waals surface area contributed by atoms with Crippen LogP contribution in [0.5, 0.6) is 0 Å². The van der Waals surface area contributed by atoms with E-state index < -0.39 is 0 Å². The van der Waals surface area contributed by atoms with Gasteiger partial charge in [0.1, 0.15) is 0 Å². The van der Waals surface area contributed by atoms with Crippen molar-refractivity contribution in [1.82, 2.24) is 10.3 Å². The van der Waals surface area contributed by atoms with Gasteiger partial charge in [-0.1, -0.05) is 34.1 Å². The maximum absolute atomic E-state index is 4.20. The molecule has 1 aromatic heterocycles. The molecule has 1 atom stereocenters. The first-order valence-electron chi connectivity index (χ1n) is 5.61. The van der Waals surface area contributed by atoms with E-state index in [2.05, 4.69) is 50.5 Å². The molecule has 0 bridgehead atoms. The number of hydrogen-bond acceptors (Lipinski definition) is 2. The first-order valence-corrected chi connectivity index (χ1v) is 6.40. The Hall–Kier alpha value is -1.19. The fourth-order valence-corrected chi connectivity index (χ4v) is 2.35. The summed E-state index contributed by atoms with van der Waals surface area (Å²) in [5.41, 5.74) is 2.53. The van der Waals surface area contributed by atoms with Gasteiger partial charge in [-0.25, -0.2) is 0 Å². The Labute approximate surface area is 110 Å². The Balaban J connectivity index is 2.35. The smallest absolute Gasteiger partial charge is 0.0306 e. The van der Waals surface area contributed by atoms with Gasteiger partial charge in [-0.05, 0) is 36.4 Å². The van der Waals surface area contributed by atoms with Crippen LogP contribution in [0.2, 0.25) is 0 Å². The van der Waals surface area contributed by atoms with Crippen LogP contribution in [0.4, 0.5) is 0 Å². The van der Waals surface area contributed by atoms with Crippen molar-refractivity contribution in [2.24, 2.45) is 0 Å². The summed E-state index contributed by atoms with van der Waals surface area (Å²) in [4.78, 5) is 4.20. The number of rotatable bonds is 4. The molecule has 0 amide bonds. The van der Waals surface area contributed by atoms with Gasteiger partial charge in [-0.15, -0.1) is 0 Å². The predicted molar refractivity (Wildman–Crippen MR) is 74.1 cm³/mol. The molecule has 0 saturated heterocycles. The summed E-state index contributed by atoms with van der Waals surface area (Å²) in [5.74, 6) is 0.339. The number of halogens is 1. The van der Waals surface area contributed by atoms with Crippen LogP contribution in [0, 0.1) is 0 Å². The second-order valence-electron chi connectivity index (χ2n) is 3.95. The summed E-state index contributed by atoms with van der Waals surface area (Å²) < 4.78 is 1.11. The Kier molecular flexibility index (Phi) is 4.29. The van der Waals surface area contributed by atoms with E-state index >= 15 is 0 Å². The molecule has 3 heteroatoms. The lowest BCUT2D eigenvalue weighted by Crippen LogP contribution is -2.18. The van der Waals surface area contributed by atoms with E-state index in [0.29, 0.717) is 5.92 Å². The average Bonchev–Trinajstić information content (AvgIpc) is 2.37. The monoisotopic (exact) mass is 290 g/mol. The molecule has 17 heavy (non-hydrogen) atoms. The van der Waals surface area contributed by atoms with Gasteiger partial charge in [0.2, 0.25) is 0 Å². The van der Waals surface area contributed by atoms with Crippen molar-refractivity contribution in [3.63, 3.8) is 0 Å². The van der Waals surface area contributed by atoms with Crippen LogP contribution in [-0.2, 0) is 0 Å². The Morgan fingerprint density at radius 2 is 2.06 bits per heavy atom. The second-order valence-corrected chi connectivity index (χ2v) is 4.87. The van der Waals surface area contributed by atoms with E-state index in [9.17, 15) is 0 Å². The summed E-state index contributed by atoms with van der Waals surface area (Å²) in [6, 6.07) is 12.5. The molecular weight excluding hydrogens is 276 g/mol. The Bertz CT molecular complexity index is 471. The van der Waals surface area contributed by atoms with Gasteiger partial charge in [-0.2, -0.15) is 0 Å². The minimum Gasteiger partial charge on any atom is -0.319 e. The van der Waals surface area contributed by atoms with Gasteiger partial charge < -0.3 is 5.32 Å². The molecule has 88 valence electrons. The second kappa shape index (κ2) is 5.94. The predicted octanol–water partition coefficient (Wildman–Crippen LogP) is 3.20. The van der Waals surface area contributed by atoms with Gasteiger partial charge in [0.25, 0.3) is 0 Å². The van der Waals surface area contributed by atoms with Crippen LogP contribution < -0.4 is 5.32 Å². The van der Waals surface area contributed by atoms with Crippen LogP contribution in [-0.4, -0.2) is 18.6 Å². The van der Waals surface area contributed by atoms with Crippen LogP contribution in [0.15, 0.2) is 53.3 Å². The molecule has 1 N–H and O–H groups in total. The fourth-order valence-electron chi connectivity index (χ4n) is 1.94. The SMILES string of the molecule is CNCC(c1cccnc1)c1cccc(Br)c1. The average molecular weight is 291 g/mol. The third kappa shape index (κ3) is 3.14.